The summed E-state index contributed by atoms with van der Waals surface area (Å²) in [6.07, 6.45) is 0. The summed E-state index contributed by atoms with van der Waals surface area (Å²) < 4.78 is 25.3. The summed E-state index contributed by atoms with van der Waals surface area (Å²) in [7, 11) is 1.21. The van der Waals surface area contributed by atoms with Crippen LogP contribution in [0.3, 0.4) is 0 Å². The van der Waals surface area contributed by atoms with Crippen LogP contribution in [0.15, 0.2) is 12.1 Å². The lowest BCUT2D eigenvalue weighted by atomic mass is 10.2. The molecule has 6 heteroatoms. The Labute approximate surface area is 83.6 Å². The van der Waals surface area contributed by atoms with Gasteiger partial charge in [-0.05, 0) is 12.1 Å². The number of carbonyl (C=O) groups excluding carboxylic acids is 1. The standard InChI is InChI=1S/C8H6ClF2NO2/c1-14-12-8(13)4-2-6(10)7(11)3-5(4)9/h2-3H,1H3,(H,12,13). The largest absolute Gasteiger partial charge is 0.277 e. The Bertz CT molecular complexity index is 371. The summed E-state index contributed by atoms with van der Waals surface area (Å²) in [5.41, 5.74) is 1.75. The fraction of sp³-hybridized carbons (Fsp3) is 0.125. The van der Waals surface area contributed by atoms with E-state index in [2.05, 4.69) is 4.84 Å². The molecule has 0 radical (unpaired) electrons. The Morgan fingerprint density at radius 3 is 2.57 bits per heavy atom. The summed E-state index contributed by atoms with van der Waals surface area (Å²) >= 11 is 5.51. The second-order valence-electron chi connectivity index (χ2n) is 2.38. The molecule has 14 heavy (non-hydrogen) atoms. The second-order valence-corrected chi connectivity index (χ2v) is 2.79. The highest BCUT2D eigenvalue weighted by molar-refractivity contribution is 6.33. The van der Waals surface area contributed by atoms with E-state index in [1.807, 2.05) is 5.48 Å². The number of nitrogens with one attached hydrogen (secondary N) is 1. The predicted molar refractivity (Wildman–Crippen MR) is 45.8 cm³/mol. The van der Waals surface area contributed by atoms with Crippen molar-refractivity contribution in [2.24, 2.45) is 0 Å². The van der Waals surface area contributed by atoms with Crippen LogP contribution >= 0.6 is 11.6 Å². The van der Waals surface area contributed by atoms with Crippen molar-refractivity contribution < 1.29 is 18.4 Å². The van der Waals surface area contributed by atoms with Crippen molar-refractivity contribution in [1.29, 1.82) is 0 Å². The van der Waals surface area contributed by atoms with Crippen LogP contribution in [-0.4, -0.2) is 13.0 Å². The van der Waals surface area contributed by atoms with Crippen molar-refractivity contribution in [3.63, 3.8) is 0 Å². The van der Waals surface area contributed by atoms with Gasteiger partial charge in [-0.25, -0.2) is 14.3 Å². The van der Waals surface area contributed by atoms with E-state index in [-0.39, 0.29) is 10.6 Å². The van der Waals surface area contributed by atoms with E-state index in [9.17, 15) is 13.6 Å². The van der Waals surface area contributed by atoms with Gasteiger partial charge in [0, 0.05) is 0 Å². The van der Waals surface area contributed by atoms with Crippen LogP contribution in [0.1, 0.15) is 10.4 Å². The molecule has 0 aromatic heterocycles. The van der Waals surface area contributed by atoms with Crippen molar-refractivity contribution in [1.82, 2.24) is 5.48 Å². The van der Waals surface area contributed by atoms with Crippen molar-refractivity contribution >= 4 is 17.5 Å². The Kier molecular flexibility index (Phi) is 3.38. The molecule has 0 saturated heterocycles. The monoisotopic (exact) mass is 221 g/mol. The third kappa shape index (κ3) is 2.18. The predicted octanol–water partition coefficient (Wildman–Crippen LogP) is 1.91. The van der Waals surface area contributed by atoms with Gasteiger partial charge in [-0.15, -0.1) is 0 Å². The normalized spacial score (nSPS) is 10.0. The van der Waals surface area contributed by atoms with Gasteiger partial charge < -0.3 is 0 Å². The molecule has 0 heterocycles. The number of hydroxylamine groups is 1. The molecule has 0 aliphatic heterocycles. The molecule has 76 valence electrons. The SMILES string of the molecule is CONC(=O)c1cc(F)c(F)cc1Cl. The van der Waals surface area contributed by atoms with Crippen LogP contribution in [0.4, 0.5) is 8.78 Å². The molecule has 1 rings (SSSR count). The van der Waals surface area contributed by atoms with Crippen LogP contribution in [0, 0.1) is 11.6 Å². The zero-order valence-corrected chi connectivity index (χ0v) is 7.86. The van der Waals surface area contributed by atoms with Gasteiger partial charge in [0.25, 0.3) is 5.91 Å². The quantitative estimate of drug-likeness (QED) is 0.612. The Morgan fingerprint density at radius 2 is 2.00 bits per heavy atom. The van der Waals surface area contributed by atoms with E-state index in [1.54, 1.807) is 0 Å². The summed E-state index contributed by atoms with van der Waals surface area (Å²) in [6, 6.07) is 1.42. The lowest BCUT2D eigenvalue weighted by Gasteiger charge is -2.04. The van der Waals surface area contributed by atoms with Crippen LogP contribution in [0.25, 0.3) is 0 Å². The van der Waals surface area contributed by atoms with Gasteiger partial charge in [-0.2, -0.15) is 0 Å². The van der Waals surface area contributed by atoms with Gasteiger partial charge in [0.15, 0.2) is 11.6 Å². The first-order chi connectivity index (χ1) is 6.56. The first kappa shape index (κ1) is 10.9. The minimum Gasteiger partial charge on any atom is -0.277 e. The number of carbonyl (C=O) groups is 1. The molecule has 0 aliphatic rings. The molecule has 0 aliphatic carbocycles. The van der Waals surface area contributed by atoms with Gasteiger partial charge in [-0.3, -0.25) is 9.63 Å². The highest BCUT2D eigenvalue weighted by Crippen LogP contribution is 2.19. The maximum atomic E-state index is 12.7. The number of amides is 1. The van der Waals surface area contributed by atoms with Gasteiger partial charge in [-0.1, -0.05) is 11.6 Å². The third-order valence-corrected chi connectivity index (χ3v) is 1.76. The number of benzene rings is 1. The minimum absolute atomic E-state index is 0.182. The maximum Gasteiger partial charge on any atom is 0.276 e. The fourth-order valence-electron chi connectivity index (χ4n) is 0.844. The third-order valence-electron chi connectivity index (χ3n) is 1.45. The number of rotatable bonds is 2. The average Bonchev–Trinajstić information content (AvgIpc) is 2.11. The fourth-order valence-corrected chi connectivity index (χ4v) is 1.08. The number of halogens is 3. The molecular weight excluding hydrogens is 216 g/mol. The first-order valence-electron chi connectivity index (χ1n) is 3.54. The topological polar surface area (TPSA) is 38.3 Å². The van der Waals surface area contributed by atoms with E-state index in [1.165, 1.54) is 7.11 Å². The average molecular weight is 222 g/mol. The van der Waals surface area contributed by atoms with Crippen molar-refractivity contribution in [2.75, 3.05) is 7.11 Å². The van der Waals surface area contributed by atoms with Crippen molar-refractivity contribution in [3.05, 3.63) is 34.4 Å². The van der Waals surface area contributed by atoms with E-state index >= 15 is 0 Å². The molecule has 0 spiro atoms. The van der Waals surface area contributed by atoms with E-state index < -0.39 is 17.5 Å². The molecule has 0 atom stereocenters. The number of hydrogen-bond acceptors (Lipinski definition) is 2. The van der Waals surface area contributed by atoms with Crippen LogP contribution in [-0.2, 0) is 4.84 Å². The Hall–Kier alpha value is -1.20. The molecule has 1 amide bonds. The van der Waals surface area contributed by atoms with Gasteiger partial charge in [0.05, 0.1) is 17.7 Å². The van der Waals surface area contributed by atoms with Crippen molar-refractivity contribution in [2.45, 2.75) is 0 Å². The molecular formula is C8H6ClF2NO2. The van der Waals surface area contributed by atoms with E-state index in [0.29, 0.717) is 6.07 Å². The molecule has 0 saturated carbocycles. The maximum absolute atomic E-state index is 12.7. The Morgan fingerprint density at radius 1 is 1.43 bits per heavy atom. The molecule has 3 nitrogen and oxygen atoms in total. The van der Waals surface area contributed by atoms with E-state index in [0.717, 1.165) is 6.07 Å². The van der Waals surface area contributed by atoms with Crippen LogP contribution in [0.2, 0.25) is 5.02 Å². The summed E-state index contributed by atoms with van der Waals surface area (Å²) in [5, 5.41) is -0.182. The molecule has 0 unspecified atom stereocenters. The molecule has 0 bridgehead atoms. The van der Waals surface area contributed by atoms with Crippen molar-refractivity contribution in [3.8, 4) is 0 Å². The zero-order chi connectivity index (χ0) is 10.7. The van der Waals surface area contributed by atoms with Gasteiger partial charge in [0.1, 0.15) is 0 Å². The summed E-state index contributed by atoms with van der Waals surface area (Å²) in [5.74, 6) is -2.99. The molecule has 1 aromatic carbocycles. The highest BCUT2D eigenvalue weighted by Gasteiger charge is 2.14. The smallest absolute Gasteiger partial charge is 0.276 e. The second kappa shape index (κ2) is 4.34. The summed E-state index contributed by atoms with van der Waals surface area (Å²) in [4.78, 5) is 15.4. The highest BCUT2D eigenvalue weighted by atomic mass is 35.5. The molecule has 1 aromatic rings. The zero-order valence-electron chi connectivity index (χ0n) is 7.11. The first-order valence-corrected chi connectivity index (χ1v) is 3.92. The van der Waals surface area contributed by atoms with Gasteiger partial charge >= 0.3 is 0 Å². The molecule has 1 N–H and O–H groups in total. The Balaban J connectivity index is 3.09. The lowest BCUT2D eigenvalue weighted by molar-refractivity contribution is 0.0537. The van der Waals surface area contributed by atoms with Crippen LogP contribution < -0.4 is 5.48 Å². The van der Waals surface area contributed by atoms with Gasteiger partial charge in [0.2, 0.25) is 0 Å². The number of hydrogen-bond donors (Lipinski definition) is 1. The van der Waals surface area contributed by atoms with E-state index in [4.69, 9.17) is 11.6 Å². The summed E-state index contributed by atoms with van der Waals surface area (Å²) in [6.45, 7) is 0. The molecule has 0 fully saturated rings. The minimum atomic E-state index is -1.14. The lowest BCUT2D eigenvalue weighted by Crippen LogP contribution is -2.22. The van der Waals surface area contributed by atoms with Crippen LogP contribution in [0.5, 0.6) is 0 Å².